The Hall–Kier alpha value is -3.21. The van der Waals surface area contributed by atoms with Gasteiger partial charge in [0.25, 0.3) is 5.91 Å². The van der Waals surface area contributed by atoms with E-state index in [1.807, 2.05) is 69.3 Å². The van der Waals surface area contributed by atoms with Crippen molar-refractivity contribution in [2.45, 2.75) is 39.7 Å². The van der Waals surface area contributed by atoms with Crippen molar-refractivity contribution >= 4 is 28.5 Å². The molecule has 1 amide bonds. The van der Waals surface area contributed by atoms with Crippen LogP contribution in [0.1, 0.15) is 41.0 Å². The van der Waals surface area contributed by atoms with E-state index < -0.39 is 5.97 Å². The number of anilines is 1. The zero-order chi connectivity index (χ0) is 20.5. The lowest BCUT2D eigenvalue weighted by molar-refractivity contribution is -0.122. The van der Waals surface area contributed by atoms with Crippen molar-refractivity contribution < 1.29 is 14.3 Å². The topological polar surface area (TPSA) is 59.5 Å². The number of aromatic nitrogens is 1. The molecular formula is C24H24N2O3. The molecule has 0 fully saturated rings. The first-order valence-corrected chi connectivity index (χ1v) is 9.96. The fourth-order valence-corrected chi connectivity index (χ4v) is 4.18. The highest BCUT2D eigenvalue weighted by Gasteiger charge is 2.31. The van der Waals surface area contributed by atoms with Crippen molar-refractivity contribution in [1.82, 2.24) is 4.98 Å². The SMILES string of the molecule is CCc1nc2ccccc2c(C)c1C(=O)OCC(=O)N1c2ccccc2C[C@H]1C. The normalized spacial score (nSPS) is 15.4. The third-order valence-corrected chi connectivity index (χ3v) is 5.57. The van der Waals surface area contributed by atoms with Crippen LogP contribution in [0.2, 0.25) is 0 Å². The Labute approximate surface area is 170 Å². The second-order valence-corrected chi connectivity index (χ2v) is 7.45. The maximum Gasteiger partial charge on any atom is 0.340 e. The number of fused-ring (bicyclic) bond motifs is 2. The molecule has 0 bridgehead atoms. The van der Waals surface area contributed by atoms with Crippen molar-refractivity contribution in [3.8, 4) is 0 Å². The number of carbonyl (C=O) groups is 2. The molecule has 4 rings (SSSR count). The number of nitrogens with zero attached hydrogens (tertiary/aromatic N) is 2. The maximum absolute atomic E-state index is 12.9. The van der Waals surface area contributed by atoms with Crippen molar-refractivity contribution in [1.29, 1.82) is 0 Å². The summed E-state index contributed by atoms with van der Waals surface area (Å²) in [6.45, 7) is 5.58. The van der Waals surface area contributed by atoms with Gasteiger partial charge in [-0.1, -0.05) is 43.3 Å². The molecule has 1 aliphatic rings. The molecule has 0 N–H and O–H groups in total. The lowest BCUT2D eigenvalue weighted by atomic mass is 10.0. The van der Waals surface area contributed by atoms with Crippen molar-refractivity contribution in [2.75, 3.05) is 11.5 Å². The van der Waals surface area contributed by atoms with Crippen LogP contribution in [0, 0.1) is 6.92 Å². The Morgan fingerprint density at radius 1 is 1.14 bits per heavy atom. The number of benzene rings is 2. The Morgan fingerprint density at radius 2 is 1.86 bits per heavy atom. The van der Waals surface area contributed by atoms with Crippen molar-refractivity contribution in [2.24, 2.45) is 0 Å². The van der Waals surface area contributed by atoms with Crippen LogP contribution in [0.4, 0.5) is 5.69 Å². The minimum Gasteiger partial charge on any atom is -0.452 e. The molecule has 0 saturated heterocycles. The fourth-order valence-electron chi connectivity index (χ4n) is 4.18. The number of hydrogen-bond donors (Lipinski definition) is 0. The number of ether oxygens (including phenoxy) is 1. The number of hydrogen-bond acceptors (Lipinski definition) is 4. The second-order valence-electron chi connectivity index (χ2n) is 7.45. The van der Waals surface area contributed by atoms with Gasteiger partial charge in [0.1, 0.15) is 0 Å². The Balaban J connectivity index is 1.56. The molecule has 0 radical (unpaired) electrons. The van der Waals surface area contributed by atoms with Gasteiger partial charge < -0.3 is 9.64 Å². The van der Waals surface area contributed by atoms with Crippen molar-refractivity contribution in [3.63, 3.8) is 0 Å². The monoisotopic (exact) mass is 388 g/mol. The molecule has 0 spiro atoms. The molecule has 5 heteroatoms. The van der Waals surface area contributed by atoms with E-state index >= 15 is 0 Å². The van der Waals surface area contributed by atoms with Crippen LogP contribution >= 0.6 is 0 Å². The van der Waals surface area contributed by atoms with E-state index in [0.717, 1.165) is 34.1 Å². The van der Waals surface area contributed by atoms with Gasteiger partial charge in [0.2, 0.25) is 0 Å². The number of aryl methyl sites for hydroxylation is 2. The Bertz CT molecular complexity index is 1110. The summed E-state index contributed by atoms with van der Waals surface area (Å²) in [4.78, 5) is 32.1. The van der Waals surface area contributed by atoms with Crippen LogP contribution in [0.25, 0.3) is 10.9 Å². The number of pyridine rings is 1. The highest BCUT2D eigenvalue weighted by molar-refractivity contribution is 6.01. The van der Waals surface area contributed by atoms with E-state index in [9.17, 15) is 9.59 Å². The molecule has 0 saturated carbocycles. The molecule has 1 aliphatic heterocycles. The highest BCUT2D eigenvalue weighted by Crippen LogP contribution is 2.32. The highest BCUT2D eigenvalue weighted by atomic mass is 16.5. The van der Waals surface area contributed by atoms with Gasteiger partial charge in [-0.05, 0) is 49.9 Å². The predicted octanol–water partition coefficient (Wildman–Crippen LogP) is 4.24. The summed E-state index contributed by atoms with van der Waals surface area (Å²) in [6, 6.07) is 15.6. The minimum absolute atomic E-state index is 0.0499. The molecule has 1 aromatic heterocycles. The standard InChI is InChI=1S/C24H24N2O3/c1-4-19-23(16(3)18-10-6-7-11-20(18)25-19)24(28)29-14-22(27)26-15(2)13-17-9-5-8-12-21(17)26/h5-12,15H,4,13-14H2,1-3H3/t15-/m1/s1. The smallest absolute Gasteiger partial charge is 0.340 e. The lowest BCUT2D eigenvalue weighted by Crippen LogP contribution is -2.38. The average molecular weight is 388 g/mol. The Morgan fingerprint density at radius 3 is 2.66 bits per heavy atom. The second kappa shape index (κ2) is 7.66. The van der Waals surface area contributed by atoms with Gasteiger partial charge in [0, 0.05) is 17.1 Å². The van der Waals surface area contributed by atoms with Gasteiger partial charge in [-0.15, -0.1) is 0 Å². The lowest BCUT2D eigenvalue weighted by Gasteiger charge is -2.22. The molecule has 29 heavy (non-hydrogen) atoms. The zero-order valence-electron chi connectivity index (χ0n) is 16.9. The van der Waals surface area contributed by atoms with Crippen LogP contribution in [-0.2, 0) is 22.4 Å². The van der Waals surface area contributed by atoms with Gasteiger partial charge in [-0.3, -0.25) is 9.78 Å². The predicted molar refractivity (Wildman–Crippen MR) is 113 cm³/mol. The molecule has 5 nitrogen and oxygen atoms in total. The third-order valence-electron chi connectivity index (χ3n) is 5.57. The van der Waals surface area contributed by atoms with E-state index in [2.05, 4.69) is 4.98 Å². The van der Waals surface area contributed by atoms with Gasteiger partial charge in [-0.25, -0.2) is 4.79 Å². The molecular weight excluding hydrogens is 364 g/mol. The number of para-hydroxylation sites is 2. The number of rotatable bonds is 4. The minimum atomic E-state index is -0.494. The van der Waals surface area contributed by atoms with E-state index in [4.69, 9.17) is 4.74 Å². The zero-order valence-corrected chi connectivity index (χ0v) is 16.9. The van der Waals surface area contributed by atoms with Crippen LogP contribution in [0.5, 0.6) is 0 Å². The number of carbonyl (C=O) groups excluding carboxylic acids is 2. The van der Waals surface area contributed by atoms with Gasteiger partial charge in [0.15, 0.2) is 6.61 Å². The first-order chi connectivity index (χ1) is 14.0. The molecule has 3 aromatic rings. The molecule has 2 aromatic carbocycles. The average Bonchev–Trinajstić information content (AvgIpc) is 3.07. The number of amides is 1. The third kappa shape index (κ3) is 3.37. The van der Waals surface area contributed by atoms with E-state index in [-0.39, 0.29) is 18.6 Å². The van der Waals surface area contributed by atoms with E-state index in [0.29, 0.717) is 17.7 Å². The quantitative estimate of drug-likeness (QED) is 0.627. The summed E-state index contributed by atoms with van der Waals surface area (Å²) in [5, 5.41) is 0.921. The summed E-state index contributed by atoms with van der Waals surface area (Å²) in [5.74, 6) is -0.702. The summed E-state index contributed by atoms with van der Waals surface area (Å²) in [6.07, 6.45) is 1.42. The summed E-state index contributed by atoms with van der Waals surface area (Å²) < 4.78 is 5.47. The van der Waals surface area contributed by atoms with E-state index in [1.165, 1.54) is 0 Å². The first-order valence-electron chi connectivity index (χ1n) is 9.96. The van der Waals surface area contributed by atoms with Crippen LogP contribution < -0.4 is 4.90 Å². The van der Waals surface area contributed by atoms with Gasteiger partial charge >= 0.3 is 5.97 Å². The van der Waals surface area contributed by atoms with E-state index in [1.54, 1.807) is 4.90 Å². The molecule has 1 atom stereocenters. The number of esters is 1. The first kappa shape index (κ1) is 19.1. The van der Waals surface area contributed by atoms with Gasteiger partial charge in [0.05, 0.1) is 16.8 Å². The largest absolute Gasteiger partial charge is 0.452 e. The fraction of sp³-hybridized carbons (Fsp3) is 0.292. The van der Waals surface area contributed by atoms with Gasteiger partial charge in [-0.2, -0.15) is 0 Å². The van der Waals surface area contributed by atoms with Crippen molar-refractivity contribution in [3.05, 3.63) is 70.9 Å². The summed E-state index contributed by atoms with van der Waals surface area (Å²) >= 11 is 0. The molecule has 2 heterocycles. The van der Waals surface area contributed by atoms with Crippen LogP contribution in [0.3, 0.4) is 0 Å². The molecule has 0 unspecified atom stereocenters. The summed E-state index contributed by atoms with van der Waals surface area (Å²) in [5.41, 5.74) is 4.90. The molecule has 0 aliphatic carbocycles. The molecule has 148 valence electrons. The maximum atomic E-state index is 12.9. The van der Waals surface area contributed by atoms with Crippen LogP contribution in [0.15, 0.2) is 48.5 Å². The summed E-state index contributed by atoms with van der Waals surface area (Å²) in [7, 11) is 0. The van der Waals surface area contributed by atoms with Crippen LogP contribution in [-0.4, -0.2) is 29.5 Å². The Kier molecular flexibility index (Phi) is 5.05.